The highest BCUT2D eigenvalue weighted by molar-refractivity contribution is 7.89. The van der Waals surface area contributed by atoms with Crippen LogP contribution in [0, 0.1) is 20.2 Å². The third-order valence-corrected chi connectivity index (χ3v) is 11.2. The maximum absolute atomic E-state index is 13.9. The average molecular weight is 654 g/mol. The van der Waals surface area contributed by atoms with Gasteiger partial charge < -0.3 is 5.32 Å². The Kier molecular flexibility index (Phi) is 9.75. The smallest absolute Gasteiger partial charge is 0.304 e. The maximum Gasteiger partial charge on any atom is 0.304 e. The molecule has 2 atom stereocenters. The quantitative estimate of drug-likeness (QED) is 0.237. The lowest BCUT2D eigenvalue weighted by Crippen LogP contribution is -2.58. The Labute approximate surface area is 255 Å². The number of rotatable bonds is 9. The molecule has 2 aromatic rings. The molecule has 1 amide bonds. The molecule has 2 aromatic carbocycles. The second-order valence-corrected chi connectivity index (χ2v) is 15.1. The number of nitro groups is 2. The van der Waals surface area contributed by atoms with Crippen molar-refractivity contribution in [2.24, 2.45) is 0 Å². The summed E-state index contributed by atoms with van der Waals surface area (Å²) in [5.41, 5.74) is -1.48. The number of nitro benzene ring substituents is 2. The van der Waals surface area contributed by atoms with E-state index in [1.807, 2.05) is 0 Å². The first-order chi connectivity index (χ1) is 20.5. The summed E-state index contributed by atoms with van der Waals surface area (Å²) in [5.74, 6) is -0.610. The number of nitrogens with one attached hydrogen (secondary N) is 1. The van der Waals surface area contributed by atoms with Crippen LogP contribution in [-0.2, 0) is 29.1 Å². The predicted octanol–water partition coefficient (Wildman–Crippen LogP) is 2.81. The number of amides is 1. The number of sulfonamides is 1. The number of hydrogen-bond acceptors (Lipinski definition) is 11. The Morgan fingerprint density at radius 1 is 0.864 bits per heavy atom. The summed E-state index contributed by atoms with van der Waals surface area (Å²) in [7, 11) is -9.48. The summed E-state index contributed by atoms with van der Waals surface area (Å²) in [6, 6.07) is 7.67. The van der Waals surface area contributed by atoms with Gasteiger partial charge in [0.1, 0.15) is 6.04 Å². The number of hydrogen-bond donors (Lipinski definition) is 1. The van der Waals surface area contributed by atoms with E-state index < -0.39 is 75.8 Å². The lowest BCUT2D eigenvalue weighted by atomic mass is 9.97. The van der Waals surface area contributed by atoms with Crippen LogP contribution in [0.2, 0.25) is 0 Å². The van der Waals surface area contributed by atoms with Crippen LogP contribution in [0.15, 0.2) is 58.3 Å². The van der Waals surface area contributed by atoms with Crippen molar-refractivity contribution < 1.29 is 35.7 Å². The molecular weight excluding hydrogens is 618 g/mol. The van der Waals surface area contributed by atoms with E-state index in [0.717, 1.165) is 41.7 Å². The molecule has 15 nitrogen and oxygen atoms in total. The highest BCUT2D eigenvalue weighted by Gasteiger charge is 2.45. The standard InChI is InChI=1S/C27H35N5O10S2/c1-27(2,3)29-16-14-19(15-17-29)28-26(33)23-13-12-20(42-44(40,41)25-11-7-5-9-22(25)32(36)37)18-30(23)43(38,39)24-10-6-4-8-21(24)31(34)35/h4-11,19-20,23H,12-18H2,1-3H3,(H,28,33)/t20-,23-/m1/s1. The van der Waals surface area contributed by atoms with Crippen molar-refractivity contribution in [3.8, 4) is 0 Å². The van der Waals surface area contributed by atoms with Crippen LogP contribution in [-0.4, -0.2) is 85.2 Å². The first-order valence-electron chi connectivity index (χ1n) is 14.0. The molecule has 240 valence electrons. The molecule has 0 unspecified atom stereocenters. The topological polar surface area (TPSA) is 199 Å². The average Bonchev–Trinajstić information content (AvgIpc) is 2.96. The van der Waals surface area contributed by atoms with Gasteiger partial charge in [-0.05, 0) is 58.6 Å². The van der Waals surface area contributed by atoms with Gasteiger partial charge >= 0.3 is 10.1 Å². The van der Waals surface area contributed by atoms with Gasteiger partial charge in [0, 0.05) is 43.3 Å². The Morgan fingerprint density at radius 3 is 1.93 bits per heavy atom. The van der Waals surface area contributed by atoms with E-state index in [1.54, 1.807) is 0 Å². The number of piperidine rings is 2. The molecule has 2 aliphatic heterocycles. The van der Waals surface area contributed by atoms with Crippen LogP contribution >= 0.6 is 0 Å². The predicted molar refractivity (Wildman–Crippen MR) is 158 cm³/mol. The van der Waals surface area contributed by atoms with Gasteiger partial charge in [-0.15, -0.1) is 0 Å². The summed E-state index contributed by atoms with van der Waals surface area (Å²) in [4.78, 5) is 35.9. The molecule has 2 aliphatic rings. The van der Waals surface area contributed by atoms with Crippen LogP contribution < -0.4 is 5.32 Å². The SMILES string of the molecule is CC(C)(C)N1CCC(NC(=O)[C@H]2CC[C@@H](OS(=O)(=O)c3ccccc3[N+](=O)[O-])CN2S(=O)(=O)c2ccccc2[N+](=O)[O-])CC1. The number of carbonyl (C=O) groups excluding carboxylic acids is 1. The van der Waals surface area contributed by atoms with Crippen LogP contribution in [0.4, 0.5) is 11.4 Å². The van der Waals surface area contributed by atoms with Crippen molar-refractivity contribution in [2.45, 2.75) is 80.0 Å². The Morgan fingerprint density at radius 2 is 1.39 bits per heavy atom. The molecule has 1 N–H and O–H groups in total. The lowest BCUT2D eigenvalue weighted by molar-refractivity contribution is -0.388. The first-order valence-corrected chi connectivity index (χ1v) is 16.8. The minimum atomic E-state index is -4.75. The van der Waals surface area contributed by atoms with E-state index in [9.17, 15) is 41.9 Å². The van der Waals surface area contributed by atoms with Crippen molar-refractivity contribution in [1.82, 2.24) is 14.5 Å². The van der Waals surface area contributed by atoms with E-state index in [0.29, 0.717) is 12.8 Å². The van der Waals surface area contributed by atoms with E-state index in [1.165, 1.54) is 24.3 Å². The van der Waals surface area contributed by atoms with Crippen LogP contribution in [0.5, 0.6) is 0 Å². The molecule has 0 radical (unpaired) electrons. The minimum absolute atomic E-state index is 0.0524. The zero-order chi connectivity index (χ0) is 32.4. The number of nitrogens with zero attached hydrogens (tertiary/aromatic N) is 4. The molecule has 2 fully saturated rings. The monoisotopic (exact) mass is 653 g/mol. The van der Waals surface area contributed by atoms with Gasteiger partial charge in [-0.1, -0.05) is 24.3 Å². The zero-order valence-electron chi connectivity index (χ0n) is 24.5. The fraction of sp³-hybridized carbons (Fsp3) is 0.519. The molecule has 0 aliphatic carbocycles. The number of likely N-dealkylation sites (tertiary alicyclic amines) is 1. The summed E-state index contributed by atoms with van der Waals surface area (Å²) in [5, 5.41) is 26.1. The Bertz CT molecular complexity index is 1630. The zero-order valence-corrected chi connectivity index (χ0v) is 26.1. The van der Waals surface area contributed by atoms with E-state index in [4.69, 9.17) is 4.18 Å². The van der Waals surface area contributed by atoms with E-state index >= 15 is 0 Å². The molecule has 2 saturated heterocycles. The van der Waals surface area contributed by atoms with Gasteiger partial charge in [-0.2, -0.15) is 12.7 Å². The van der Waals surface area contributed by atoms with Crippen LogP contribution in [0.1, 0.15) is 46.5 Å². The molecule has 0 bridgehead atoms. The third kappa shape index (κ3) is 7.23. The maximum atomic E-state index is 13.9. The molecule has 2 heterocycles. The molecule has 44 heavy (non-hydrogen) atoms. The van der Waals surface area contributed by atoms with Crippen LogP contribution in [0.3, 0.4) is 0 Å². The van der Waals surface area contributed by atoms with Crippen LogP contribution in [0.25, 0.3) is 0 Å². The molecule has 4 rings (SSSR count). The van der Waals surface area contributed by atoms with Gasteiger partial charge in [-0.3, -0.25) is 34.1 Å². The Balaban J connectivity index is 1.63. The summed E-state index contributed by atoms with van der Waals surface area (Å²) < 4.78 is 60.1. The largest absolute Gasteiger partial charge is 0.352 e. The van der Waals surface area contributed by atoms with Crippen molar-refractivity contribution >= 4 is 37.4 Å². The molecule has 0 aromatic heterocycles. The van der Waals surface area contributed by atoms with Gasteiger partial charge in [-0.25, -0.2) is 8.42 Å². The second kappa shape index (κ2) is 12.8. The fourth-order valence-electron chi connectivity index (χ4n) is 5.51. The van der Waals surface area contributed by atoms with Crippen molar-refractivity contribution in [1.29, 1.82) is 0 Å². The third-order valence-electron chi connectivity index (χ3n) is 7.83. The highest BCUT2D eigenvalue weighted by Crippen LogP contribution is 2.34. The number of carbonyl (C=O) groups is 1. The highest BCUT2D eigenvalue weighted by atomic mass is 32.2. The molecular formula is C27H35N5O10S2. The molecule has 0 spiro atoms. The van der Waals surface area contributed by atoms with Crippen molar-refractivity contribution in [2.75, 3.05) is 19.6 Å². The first kappa shape index (κ1) is 33.4. The Hall–Kier alpha value is -3.51. The van der Waals surface area contributed by atoms with Gasteiger partial charge in [0.15, 0.2) is 9.79 Å². The van der Waals surface area contributed by atoms with Gasteiger partial charge in [0.2, 0.25) is 5.91 Å². The van der Waals surface area contributed by atoms with Gasteiger partial charge in [0.25, 0.3) is 21.4 Å². The minimum Gasteiger partial charge on any atom is -0.352 e. The van der Waals surface area contributed by atoms with Crippen molar-refractivity contribution in [3.63, 3.8) is 0 Å². The number of benzene rings is 2. The van der Waals surface area contributed by atoms with Gasteiger partial charge in [0.05, 0.1) is 16.0 Å². The summed E-state index contributed by atoms with van der Waals surface area (Å²) in [6.07, 6.45) is -0.317. The second-order valence-electron chi connectivity index (χ2n) is 11.7. The van der Waals surface area contributed by atoms with E-state index in [-0.39, 0.29) is 24.4 Å². The lowest BCUT2D eigenvalue weighted by Gasteiger charge is -2.42. The van der Waals surface area contributed by atoms with Crippen molar-refractivity contribution in [3.05, 3.63) is 68.8 Å². The molecule has 0 saturated carbocycles. The number of para-hydroxylation sites is 2. The molecule has 17 heteroatoms. The normalized spacial score (nSPS) is 21.1. The summed E-state index contributed by atoms with van der Waals surface area (Å²) >= 11 is 0. The summed E-state index contributed by atoms with van der Waals surface area (Å²) in [6.45, 7) is 7.07. The van der Waals surface area contributed by atoms with E-state index in [2.05, 4.69) is 31.0 Å². The fourth-order valence-corrected chi connectivity index (χ4v) is 8.58.